The van der Waals surface area contributed by atoms with Crippen LogP contribution >= 0.6 is 0 Å². The van der Waals surface area contributed by atoms with Gasteiger partial charge in [-0.05, 0) is 20.3 Å². The zero-order valence-electron chi connectivity index (χ0n) is 7.76. The van der Waals surface area contributed by atoms with Crippen LogP contribution in [0.15, 0.2) is 0 Å². The Morgan fingerprint density at radius 2 is 2.17 bits per heavy atom. The summed E-state index contributed by atoms with van der Waals surface area (Å²) < 4.78 is 17.5. The minimum atomic E-state index is -1.44. The average molecular weight is 177 g/mol. The number of methoxy groups -OCH3 is 1. The SMILES string of the molecule is COC(=O)CCC(N)C(C)(C)F. The zero-order valence-corrected chi connectivity index (χ0v) is 7.76. The summed E-state index contributed by atoms with van der Waals surface area (Å²) in [6.45, 7) is 2.80. The second-order valence-electron chi connectivity index (χ2n) is 3.29. The quantitative estimate of drug-likeness (QED) is 0.652. The van der Waals surface area contributed by atoms with E-state index in [2.05, 4.69) is 4.74 Å². The fraction of sp³-hybridized carbons (Fsp3) is 0.875. The van der Waals surface area contributed by atoms with Crippen LogP contribution in [0.5, 0.6) is 0 Å². The van der Waals surface area contributed by atoms with Crippen LogP contribution < -0.4 is 5.73 Å². The van der Waals surface area contributed by atoms with Crippen molar-refractivity contribution in [2.75, 3.05) is 7.11 Å². The molecule has 4 heteroatoms. The van der Waals surface area contributed by atoms with Gasteiger partial charge in [-0.1, -0.05) is 0 Å². The summed E-state index contributed by atoms with van der Waals surface area (Å²) in [4.78, 5) is 10.6. The van der Waals surface area contributed by atoms with Gasteiger partial charge in [0, 0.05) is 12.5 Å². The lowest BCUT2D eigenvalue weighted by Gasteiger charge is -2.22. The summed E-state index contributed by atoms with van der Waals surface area (Å²) in [5.74, 6) is -0.352. The third-order valence-corrected chi connectivity index (χ3v) is 1.77. The standard InChI is InChI=1S/C8H16FNO2/c1-8(2,9)6(10)4-5-7(11)12-3/h6H,4-5,10H2,1-3H3. The molecule has 0 aliphatic carbocycles. The molecule has 0 amide bonds. The Labute approximate surface area is 72.1 Å². The van der Waals surface area contributed by atoms with E-state index >= 15 is 0 Å². The Balaban J connectivity index is 3.72. The van der Waals surface area contributed by atoms with Gasteiger partial charge < -0.3 is 10.5 Å². The van der Waals surface area contributed by atoms with Gasteiger partial charge in [0.05, 0.1) is 7.11 Å². The fourth-order valence-electron chi connectivity index (χ4n) is 0.719. The van der Waals surface area contributed by atoms with Crippen LogP contribution in [0.2, 0.25) is 0 Å². The normalized spacial score (nSPS) is 14.1. The molecule has 0 aromatic carbocycles. The Morgan fingerprint density at radius 1 is 1.67 bits per heavy atom. The van der Waals surface area contributed by atoms with Gasteiger partial charge in [-0.15, -0.1) is 0 Å². The van der Waals surface area contributed by atoms with Gasteiger partial charge in [-0.25, -0.2) is 4.39 Å². The minimum Gasteiger partial charge on any atom is -0.469 e. The first-order valence-corrected chi connectivity index (χ1v) is 3.89. The van der Waals surface area contributed by atoms with Crippen molar-refractivity contribution in [3.05, 3.63) is 0 Å². The Morgan fingerprint density at radius 3 is 2.50 bits per heavy atom. The molecule has 0 fully saturated rings. The van der Waals surface area contributed by atoms with Crippen molar-refractivity contribution < 1.29 is 13.9 Å². The van der Waals surface area contributed by atoms with Gasteiger partial charge in [-0.2, -0.15) is 0 Å². The predicted octanol–water partition coefficient (Wildman–Crippen LogP) is 1.01. The lowest BCUT2D eigenvalue weighted by atomic mass is 9.97. The van der Waals surface area contributed by atoms with Gasteiger partial charge in [-0.3, -0.25) is 4.79 Å². The number of halogens is 1. The lowest BCUT2D eigenvalue weighted by molar-refractivity contribution is -0.140. The fourth-order valence-corrected chi connectivity index (χ4v) is 0.719. The highest BCUT2D eigenvalue weighted by molar-refractivity contribution is 5.69. The van der Waals surface area contributed by atoms with Crippen LogP contribution in [0, 0.1) is 0 Å². The first kappa shape index (κ1) is 11.4. The number of carbonyl (C=O) groups is 1. The van der Waals surface area contributed by atoms with E-state index in [-0.39, 0.29) is 12.4 Å². The summed E-state index contributed by atoms with van der Waals surface area (Å²) in [6.07, 6.45) is 0.487. The number of alkyl halides is 1. The lowest BCUT2D eigenvalue weighted by Crippen LogP contribution is -2.39. The second-order valence-corrected chi connectivity index (χ2v) is 3.29. The summed E-state index contributed by atoms with van der Waals surface area (Å²) in [6, 6.07) is -0.614. The minimum absolute atomic E-state index is 0.172. The summed E-state index contributed by atoms with van der Waals surface area (Å²) >= 11 is 0. The zero-order chi connectivity index (χ0) is 9.78. The predicted molar refractivity (Wildman–Crippen MR) is 44.4 cm³/mol. The maximum Gasteiger partial charge on any atom is 0.305 e. The summed E-state index contributed by atoms with van der Waals surface area (Å²) in [7, 11) is 1.30. The van der Waals surface area contributed by atoms with Crippen LogP contribution in [0.4, 0.5) is 4.39 Å². The highest BCUT2D eigenvalue weighted by Crippen LogP contribution is 2.16. The smallest absolute Gasteiger partial charge is 0.305 e. The van der Waals surface area contributed by atoms with Crippen molar-refractivity contribution in [2.24, 2.45) is 5.73 Å². The molecule has 0 aliphatic heterocycles. The van der Waals surface area contributed by atoms with Crippen LogP contribution in [-0.4, -0.2) is 24.8 Å². The number of carbonyl (C=O) groups excluding carboxylic acids is 1. The molecule has 1 atom stereocenters. The molecule has 0 aliphatic rings. The second kappa shape index (κ2) is 4.40. The van der Waals surface area contributed by atoms with E-state index in [4.69, 9.17) is 5.73 Å². The van der Waals surface area contributed by atoms with E-state index in [1.165, 1.54) is 21.0 Å². The largest absolute Gasteiger partial charge is 0.469 e. The number of hydrogen-bond acceptors (Lipinski definition) is 3. The highest BCUT2D eigenvalue weighted by atomic mass is 19.1. The Hall–Kier alpha value is -0.640. The molecule has 12 heavy (non-hydrogen) atoms. The highest BCUT2D eigenvalue weighted by Gasteiger charge is 2.25. The molecule has 0 heterocycles. The molecule has 0 rings (SSSR count). The first-order valence-electron chi connectivity index (χ1n) is 3.89. The van der Waals surface area contributed by atoms with E-state index in [0.29, 0.717) is 6.42 Å². The van der Waals surface area contributed by atoms with Crippen LogP contribution in [0.1, 0.15) is 26.7 Å². The molecule has 0 aromatic rings. The molecule has 1 unspecified atom stereocenters. The molecule has 0 saturated heterocycles. The van der Waals surface area contributed by atoms with E-state index in [1.54, 1.807) is 0 Å². The van der Waals surface area contributed by atoms with Gasteiger partial charge in [0.1, 0.15) is 5.67 Å². The molecular formula is C8H16FNO2. The van der Waals surface area contributed by atoms with Crippen molar-refractivity contribution in [3.8, 4) is 0 Å². The third kappa shape index (κ3) is 4.28. The number of esters is 1. The van der Waals surface area contributed by atoms with Crippen molar-refractivity contribution in [3.63, 3.8) is 0 Å². The van der Waals surface area contributed by atoms with Crippen molar-refractivity contribution in [1.82, 2.24) is 0 Å². The first-order chi connectivity index (χ1) is 5.38. The van der Waals surface area contributed by atoms with Crippen molar-refractivity contribution in [1.29, 1.82) is 0 Å². The molecule has 0 aromatic heterocycles. The van der Waals surface area contributed by atoms with Crippen molar-refractivity contribution >= 4 is 5.97 Å². The van der Waals surface area contributed by atoms with Gasteiger partial charge in [0.2, 0.25) is 0 Å². The van der Waals surface area contributed by atoms with Gasteiger partial charge in [0.15, 0.2) is 0 Å². The number of ether oxygens (including phenoxy) is 1. The molecule has 0 spiro atoms. The molecule has 0 saturated carbocycles. The van der Waals surface area contributed by atoms with E-state index < -0.39 is 11.7 Å². The third-order valence-electron chi connectivity index (χ3n) is 1.77. The topological polar surface area (TPSA) is 52.3 Å². The van der Waals surface area contributed by atoms with Gasteiger partial charge >= 0.3 is 5.97 Å². The van der Waals surface area contributed by atoms with E-state index in [0.717, 1.165) is 0 Å². The summed E-state index contributed by atoms with van der Waals surface area (Å²) in [5.41, 5.74) is 4.03. The Bertz CT molecular complexity index is 154. The Kier molecular flexibility index (Phi) is 4.17. The van der Waals surface area contributed by atoms with Crippen LogP contribution in [0.3, 0.4) is 0 Å². The van der Waals surface area contributed by atoms with E-state index in [9.17, 15) is 9.18 Å². The van der Waals surface area contributed by atoms with Crippen molar-refractivity contribution in [2.45, 2.75) is 38.4 Å². The molecule has 0 bridgehead atoms. The molecule has 0 radical (unpaired) electrons. The molecule has 3 nitrogen and oxygen atoms in total. The molecule has 72 valence electrons. The molecular weight excluding hydrogens is 161 g/mol. The van der Waals surface area contributed by atoms with Crippen LogP contribution in [-0.2, 0) is 9.53 Å². The summed E-state index contributed by atoms with van der Waals surface area (Å²) in [5, 5.41) is 0. The van der Waals surface area contributed by atoms with Gasteiger partial charge in [0.25, 0.3) is 0 Å². The number of nitrogens with two attached hydrogens (primary N) is 1. The maximum atomic E-state index is 13.1. The average Bonchev–Trinajstić information content (AvgIpc) is 1.97. The monoisotopic (exact) mass is 177 g/mol. The van der Waals surface area contributed by atoms with Crippen LogP contribution in [0.25, 0.3) is 0 Å². The maximum absolute atomic E-state index is 13.1. The van der Waals surface area contributed by atoms with E-state index in [1.807, 2.05) is 0 Å². The number of rotatable bonds is 4. The molecule has 2 N–H and O–H groups in total. The number of hydrogen-bond donors (Lipinski definition) is 1.